The Balaban J connectivity index is 1.51. The summed E-state index contributed by atoms with van der Waals surface area (Å²) in [6.45, 7) is 2.99. The summed E-state index contributed by atoms with van der Waals surface area (Å²) >= 11 is 0. The molecule has 2 aliphatic rings. The average molecular weight is 449 g/mol. The Kier molecular flexibility index (Phi) is 5.12. The lowest BCUT2D eigenvalue weighted by Crippen LogP contribution is -2.48. The van der Waals surface area contributed by atoms with Crippen LogP contribution in [-0.4, -0.2) is 59.4 Å². The maximum absolute atomic E-state index is 13.1. The number of fused-ring (bicyclic) bond motifs is 1. The SMILES string of the molecule is CC(=O)c1ccc(N2CCN(S(=O)(=O)c3ccc4c(c3)S(=O)(=O)N=CN4)CC2)cc1. The van der Waals surface area contributed by atoms with Gasteiger partial charge in [0.15, 0.2) is 5.78 Å². The fourth-order valence-corrected chi connectivity index (χ4v) is 5.97. The summed E-state index contributed by atoms with van der Waals surface area (Å²) in [6.07, 6.45) is 1.06. The number of nitrogens with one attached hydrogen (secondary N) is 1. The lowest BCUT2D eigenvalue weighted by Gasteiger charge is -2.35. The summed E-state index contributed by atoms with van der Waals surface area (Å²) in [7, 11) is -7.77. The quantitative estimate of drug-likeness (QED) is 0.705. The Bertz CT molecular complexity index is 1230. The zero-order valence-corrected chi connectivity index (χ0v) is 17.8. The van der Waals surface area contributed by atoms with Gasteiger partial charge < -0.3 is 10.2 Å². The number of sulfonamides is 2. The van der Waals surface area contributed by atoms with E-state index in [0.29, 0.717) is 24.3 Å². The Hall–Kier alpha value is -2.76. The number of carbonyl (C=O) groups excluding carboxylic acids is 1. The van der Waals surface area contributed by atoms with E-state index in [-0.39, 0.29) is 28.7 Å². The van der Waals surface area contributed by atoms with Gasteiger partial charge in [0.05, 0.1) is 10.6 Å². The Labute approximate surface area is 175 Å². The molecule has 0 saturated carbocycles. The fourth-order valence-electron chi connectivity index (χ4n) is 3.46. The number of benzene rings is 2. The van der Waals surface area contributed by atoms with E-state index in [1.807, 2.05) is 17.0 Å². The number of hydrogen-bond donors (Lipinski definition) is 1. The first-order valence-electron chi connectivity index (χ1n) is 9.24. The molecule has 1 N–H and O–H groups in total. The molecule has 0 spiro atoms. The summed E-state index contributed by atoms with van der Waals surface area (Å²) in [5, 5.41) is 2.70. The molecule has 0 aliphatic carbocycles. The first kappa shape index (κ1) is 20.5. The molecule has 1 fully saturated rings. The van der Waals surface area contributed by atoms with Crippen LogP contribution in [-0.2, 0) is 20.0 Å². The normalized spacial score (nSPS) is 18.5. The van der Waals surface area contributed by atoms with Crippen LogP contribution < -0.4 is 10.2 Å². The van der Waals surface area contributed by atoms with Crippen LogP contribution in [0.15, 0.2) is 56.7 Å². The second-order valence-electron chi connectivity index (χ2n) is 7.01. The molecule has 9 nitrogen and oxygen atoms in total. The molecule has 158 valence electrons. The van der Waals surface area contributed by atoms with Crippen LogP contribution in [0.2, 0.25) is 0 Å². The predicted octanol–water partition coefficient (Wildman–Crippen LogP) is 1.54. The second-order valence-corrected chi connectivity index (χ2v) is 10.5. The molecule has 0 bridgehead atoms. The number of rotatable bonds is 4. The van der Waals surface area contributed by atoms with Gasteiger partial charge in [-0.15, -0.1) is 4.40 Å². The van der Waals surface area contributed by atoms with Crippen molar-refractivity contribution in [1.29, 1.82) is 0 Å². The van der Waals surface area contributed by atoms with Crippen molar-refractivity contribution in [2.75, 3.05) is 36.4 Å². The average Bonchev–Trinajstić information content (AvgIpc) is 2.73. The first-order chi connectivity index (χ1) is 14.2. The van der Waals surface area contributed by atoms with E-state index < -0.39 is 20.0 Å². The molecule has 2 aromatic carbocycles. The van der Waals surface area contributed by atoms with Crippen molar-refractivity contribution >= 4 is 43.5 Å². The van der Waals surface area contributed by atoms with Crippen molar-refractivity contribution in [1.82, 2.24) is 4.31 Å². The Morgan fingerprint density at radius 3 is 2.33 bits per heavy atom. The molecule has 30 heavy (non-hydrogen) atoms. The van der Waals surface area contributed by atoms with Crippen molar-refractivity contribution in [2.24, 2.45) is 4.40 Å². The third kappa shape index (κ3) is 3.71. The van der Waals surface area contributed by atoms with Gasteiger partial charge in [-0.25, -0.2) is 8.42 Å². The summed E-state index contributed by atoms with van der Waals surface area (Å²) in [6, 6.07) is 11.2. The van der Waals surface area contributed by atoms with Gasteiger partial charge in [0.2, 0.25) is 10.0 Å². The monoisotopic (exact) mass is 448 g/mol. The third-order valence-electron chi connectivity index (χ3n) is 5.16. The standard InChI is InChI=1S/C19H20N4O5S2/c1-14(24)15-2-4-16(5-3-15)22-8-10-23(11-9-22)30(27,28)17-6-7-18-19(12-17)29(25,26)21-13-20-18/h2-7,12-13H,8-11H2,1H3,(H,20,21). The van der Waals surface area contributed by atoms with Gasteiger partial charge in [0.25, 0.3) is 10.0 Å². The molecular weight excluding hydrogens is 428 g/mol. The van der Waals surface area contributed by atoms with Crippen LogP contribution in [0.25, 0.3) is 0 Å². The predicted molar refractivity (Wildman–Crippen MR) is 113 cm³/mol. The summed E-state index contributed by atoms with van der Waals surface area (Å²) in [5.74, 6) is -0.00887. The van der Waals surface area contributed by atoms with Crippen molar-refractivity contribution in [3.05, 3.63) is 48.0 Å². The van der Waals surface area contributed by atoms with Gasteiger partial charge in [-0.3, -0.25) is 4.79 Å². The molecule has 0 radical (unpaired) electrons. The molecular formula is C19H20N4O5S2. The first-order valence-corrected chi connectivity index (χ1v) is 12.1. The van der Waals surface area contributed by atoms with Gasteiger partial charge in [0, 0.05) is 37.4 Å². The number of carbonyl (C=O) groups is 1. The Morgan fingerprint density at radius 1 is 1.03 bits per heavy atom. The Morgan fingerprint density at radius 2 is 1.70 bits per heavy atom. The van der Waals surface area contributed by atoms with Crippen molar-refractivity contribution in [3.63, 3.8) is 0 Å². The van der Waals surface area contributed by atoms with E-state index >= 15 is 0 Å². The highest BCUT2D eigenvalue weighted by Gasteiger charge is 2.31. The number of piperazine rings is 1. The van der Waals surface area contributed by atoms with Crippen molar-refractivity contribution < 1.29 is 21.6 Å². The number of anilines is 2. The van der Waals surface area contributed by atoms with Crippen LogP contribution in [0.1, 0.15) is 17.3 Å². The minimum atomic E-state index is -3.92. The van der Waals surface area contributed by atoms with Crippen molar-refractivity contribution in [2.45, 2.75) is 16.7 Å². The maximum atomic E-state index is 13.1. The van der Waals surface area contributed by atoms with Gasteiger partial charge in [-0.05, 0) is 49.4 Å². The maximum Gasteiger partial charge on any atom is 0.285 e. The highest BCUT2D eigenvalue weighted by Crippen LogP contribution is 2.30. The lowest BCUT2D eigenvalue weighted by molar-refractivity contribution is 0.101. The van der Waals surface area contributed by atoms with Crippen LogP contribution in [0.4, 0.5) is 11.4 Å². The van der Waals surface area contributed by atoms with Crippen LogP contribution in [0.5, 0.6) is 0 Å². The van der Waals surface area contributed by atoms with Gasteiger partial charge in [-0.1, -0.05) is 0 Å². The number of hydrogen-bond acceptors (Lipinski definition) is 7. The van der Waals surface area contributed by atoms with Crippen LogP contribution >= 0.6 is 0 Å². The second kappa shape index (κ2) is 7.49. The zero-order chi connectivity index (χ0) is 21.5. The van der Waals surface area contributed by atoms with E-state index in [0.717, 1.165) is 18.1 Å². The molecule has 0 unspecified atom stereocenters. The van der Waals surface area contributed by atoms with Crippen LogP contribution in [0, 0.1) is 0 Å². The largest absolute Gasteiger partial charge is 0.369 e. The lowest BCUT2D eigenvalue weighted by atomic mass is 10.1. The summed E-state index contributed by atoms with van der Waals surface area (Å²) in [5.41, 5.74) is 1.84. The van der Waals surface area contributed by atoms with Gasteiger partial charge in [-0.2, -0.15) is 12.7 Å². The smallest absolute Gasteiger partial charge is 0.285 e. The minimum Gasteiger partial charge on any atom is -0.369 e. The molecule has 2 aliphatic heterocycles. The van der Waals surface area contributed by atoms with Crippen LogP contribution in [0.3, 0.4) is 0 Å². The highest BCUT2D eigenvalue weighted by molar-refractivity contribution is 7.91. The molecule has 11 heteroatoms. The van der Waals surface area contributed by atoms with E-state index in [1.165, 1.54) is 23.4 Å². The highest BCUT2D eigenvalue weighted by atomic mass is 32.2. The number of ketones is 1. The van der Waals surface area contributed by atoms with E-state index in [2.05, 4.69) is 9.71 Å². The minimum absolute atomic E-state index is 0.00887. The third-order valence-corrected chi connectivity index (χ3v) is 8.33. The molecule has 2 heterocycles. The topological polar surface area (TPSA) is 116 Å². The number of Topliss-reactive ketones (excluding diaryl/α,β-unsaturated/α-hetero) is 1. The van der Waals surface area contributed by atoms with Crippen molar-refractivity contribution in [3.8, 4) is 0 Å². The molecule has 0 atom stereocenters. The molecule has 0 aromatic heterocycles. The van der Waals surface area contributed by atoms with E-state index in [4.69, 9.17) is 0 Å². The molecule has 4 rings (SSSR count). The molecule has 1 saturated heterocycles. The zero-order valence-electron chi connectivity index (χ0n) is 16.1. The number of nitrogens with zero attached hydrogens (tertiary/aromatic N) is 3. The summed E-state index contributed by atoms with van der Waals surface area (Å²) < 4.78 is 55.1. The van der Waals surface area contributed by atoms with Gasteiger partial charge >= 0.3 is 0 Å². The molecule has 2 aromatic rings. The molecule has 0 amide bonds. The fraction of sp³-hybridized carbons (Fsp3) is 0.263. The van der Waals surface area contributed by atoms with E-state index in [9.17, 15) is 21.6 Å². The van der Waals surface area contributed by atoms with E-state index in [1.54, 1.807) is 12.1 Å². The van der Waals surface area contributed by atoms with Gasteiger partial charge in [0.1, 0.15) is 11.2 Å². The summed E-state index contributed by atoms with van der Waals surface area (Å²) in [4.78, 5) is 13.2.